The second-order valence-corrected chi connectivity index (χ2v) is 5.34. The predicted molar refractivity (Wildman–Crippen MR) is 68.8 cm³/mol. The fourth-order valence-electron chi connectivity index (χ4n) is 0.935. The second kappa shape index (κ2) is 5.40. The molecule has 1 rings (SSSR count). The first-order valence-corrected chi connectivity index (χ1v) is 5.26. The summed E-state index contributed by atoms with van der Waals surface area (Å²) in [4.78, 5) is 0. The standard InChI is InChI=1S/C11H16BrN.CH4/c1-11(2,3)8-13-10-6-4-9(12)5-7-10;/h4-7,13H,8H2,1-3H3;1H4. The van der Waals surface area contributed by atoms with E-state index < -0.39 is 0 Å². The number of halogens is 1. The van der Waals surface area contributed by atoms with Gasteiger partial charge in [-0.15, -0.1) is 0 Å². The number of hydrogen-bond donors (Lipinski definition) is 1. The van der Waals surface area contributed by atoms with E-state index in [1.54, 1.807) is 0 Å². The van der Waals surface area contributed by atoms with Gasteiger partial charge in [-0.05, 0) is 29.7 Å². The fourth-order valence-corrected chi connectivity index (χ4v) is 1.20. The minimum Gasteiger partial charge on any atom is -0.385 e. The lowest BCUT2D eigenvalue weighted by atomic mass is 9.97. The third-order valence-electron chi connectivity index (χ3n) is 1.67. The molecule has 0 spiro atoms. The van der Waals surface area contributed by atoms with Crippen LogP contribution in [0.5, 0.6) is 0 Å². The first-order chi connectivity index (χ1) is 5.97. The van der Waals surface area contributed by atoms with Gasteiger partial charge in [-0.25, -0.2) is 0 Å². The smallest absolute Gasteiger partial charge is 0.0341 e. The lowest BCUT2D eigenvalue weighted by Crippen LogP contribution is -2.18. The highest BCUT2D eigenvalue weighted by Crippen LogP contribution is 2.17. The molecule has 0 aliphatic heterocycles. The van der Waals surface area contributed by atoms with E-state index in [0.717, 1.165) is 11.0 Å². The Bertz CT molecular complexity index is 259. The molecule has 0 fully saturated rings. The van der Waals surface area contributed by atoms with Crippen LogP contribution in [0.1, 0.15) is 28.2 Å². The van der Waals surface area contributed by atoms with Gasteiger partial charge >= 0.3 is 0 Å². The van der Waals surface area contributed by atoms with E-state index in [2.05, 4.69) is 54.2 Å². The van der Waals surface area contributed by atoms with Gasteiger partial charge in [0.25, 0.3) is 0 Å². The topological polar surface area (TPSA) is 12.0 Å². The molecule has 0 bridgehead atoms. The summed E-state index contributed by atoms with van der Waals surface area (Å²) < 4.78 is 1.12. The van der Waals surface area contributed by atoms with Gasteiger partial charge in [0.15, 0.2) is 0 Å². The first kappa shape index (κ1) is 13.5. The van der Waals surface area contributed by atoms with Crippen LogP contribution in [0.15, 0.2) is 28.7 Å². The quantitative estimate of drug-likeness (QED) is 0.820. The molecule has 0 heterocycles. The molecule has 2 heteroatoms. The van der Waals surface area contributed by atoms with E-state index in [-0.39, 0.29) is 7.43 Å². The van der Waals surface area contributed by atoms with E-state index in [9.17, 15) is 0 Å². The number of benzene rings is 1. The number of rotatable bonds is 2. The molecule has 0 radical (unpaired) electrons. The van der Waals surface area contributed by atoms with Crippen molar-refractivity contribution in [3.63, 3.8) is 0 Å². The highest BCUT2D eigenvalue weighted by molar-refractivity contribution is 9.10. The molecule has 0 unspecified atom stereocenters. The Kier molecular flexibility index (Phi) is 5.21. The highest BCUT2D eigenvalue weighted by atomic mass is 79.9. The summed E-state index contributed by atoms with van der Waals surface area (Å²) in [5, 5.41) is 3.39. The van der Waals surface area contributed by atoms with Gasteiger partial charge < -0.3 is 5.32 Å². The molecule has 0 aliphatic rings. The summed E-state index contributed by atoms with van der Waals surface area (Å²) in [6, 6.07) is 8.25. The lowest BCUT2D eigenvalue weighted by molar-refractivity contribution is 0.443. The molecule has 0 saturated carbocycles. The normalized spacial score (nSPS) is 10.6. The Morgan fingerprint density at radius 1 is 1.14 bits per heavy atom. The Hall–Kier alpha value is -0.500. The predicted octanol–water partition coefficient (Wildman–Crippen LogP) is 4.54. The Morgan fingerprint density at radius 2 is 1.64 bits per heavy atom. The van der Waals surface area contributed by atoms with Crippen LogP contribution in [-0.4, -0.2) is 6.54 Å². The number of hydrogen-bond acceptors (Lipinski definition) is 1. The average molecular weight is 258 g/mol. The second-order valence-electron chi connectivity index (χ2n) is 4.42. The maximum absolute atomic E-state index is 3.41. The van der Waals surface area contributed by atoms with Crippen molar-refractivity contribution in [3.8, 4) is 0 Å². The molecular weight excluding hydrogens is 238 g/mol. The van der Waals surface area contributed by atoms with E-state index in [1.165, 1.54) is 5.69 Å². The first-order valence-electron chi connectivity index (χ1n) is 4.47. The Morgan fingerprint density at radius 3 is 2.07 bits per heavy atom. The van der Waals surface area contributed by atoms with E-state index in [4.69, 9.17) is 0 Å². The zero-order chi connectivity index (χ0) is 9.90. The van der Waals surface area contributed by atoms with E-state index in [0.29, 0.717) is 5.41 Å². The highest BCUT2D eigenvalue weighted by Gasteiger charge is 2.08. The lowest BCUT2D eigenvalue weighted by Gasteiger charge is -2.19. The molecule has 0 amide bonds. The van der Waals surface area contributed by atoms with Crippen molar-refractivity contribution < 1.29 is 0 Å². The molecule has 80 valence electrons. The summed E-state index contributed by atoms with van der Waals surface area (Å²) in [5.41, 5.74) is 1.51. The molecule has 0 atom stereocenters. The fraction of sp³-hybridized carbons (Fsp3) is 0.500. The van der Waals surface area contributed by atoms with Crippen LogP contribution < -0.4 is 5.32 Å². The monoisotopic (exact) mass is 257 g/mol. The molecule has 1 nitrogen and oxygen atoms in total. The van der Waals surface area contributed by atoms with E-state index >= 15 is 0 Å². The van der Waals surface area contributed by atoms with Gasteiger partial charge in [-0.2, -0.15) is 0 Å². The Balaban J connectivity index is 0.00000169. The maximum atomic E-state index is 3.41. The van der Waals surface area contributed by atoms with Crippen molar-refractivity contribution in [1.29, 1.82) is 0 Å². The van der Waals surface area contributed by atoms with Crippen molar-refractivity contribution in [3.05, 3.63) is 28.7 Å². The molecule has 1 aromatic carbocycles. The van der Waals surface area contributed by atoms with Gasteiger partial charge in [0.1, 0.15) is 0 Å². The average Bonchev–Trinajstić information content (AvgIpc) is 2.02. The van der Waals surface area contributed by atoms with Crippen molar-refractivity contribution >= 4 is 21.6 Å². The zero-order valence-corrected chi connectivity index (χ0v) is 9.98. The summed E-state index contributed by atoms with van der Waals surface area (Å²) in [6.07, 6.45) is 0. The minimum absolute atomic E-state index is 0. The summed E-state index contributed by atoms with van der Waals surface area (Å²) in [6.45, 7) is 7.66. The molecule has 0 saturated heterocycles. The van der Waals surface area contributed by atoms with Crippen molar-refractivity contribution in [1.82, 2.24) is 0 Å². The SMILES string of the molecule is C.CC(C)(C)CNc1ccc(Br)cc1. The van der Waals surface area contributed by atoms with Crippen LogP contribution >= 0.6 is 15.9 Å². The maximum Gasteiger partial charge on any atom is 0.0341 e. The number of anilines is 1. The van der Waals surface area contributed by atoms with Gasteiger partial charge in [-0.1, -0.05) is 44.1 Å². The van der Waals surface area contributed by atoms with Gasteiger partial charge in [0.05, 0.1) is 0 Å². The van der Waals surface area contributed by atoms with Crippen LogP contribution in [0.3, 0.4) is 0 Å². The molecule has 14 heavy (non-hydrogen) atoms. The van der Waals surface area contributed by atoms with Crippen LogP contribution in [0.25, 0.3) is 0 Å². The van der Waals surface area contributed by atoms with Gasteiger partial charge in [0, 0.05) is 16.7 Å². The van der Waals surface area contributed by atoms with Crippen molar-refractivity contribution in [2.75, 3.05) is 11.9 Å². The van der Waals surface area contributed by atoms with E-state index in [1.807, 2.05) is 12.1 Å². The molecule has 0 aliphatic carbocycles. The zero-order valence-electron chi connectivity index (χ0n) is 8.39. The van der Waals surface area contributed by atoms with Gasteiger partial charge in [0.2, 0.25) is 0 Å². The number of nitrogens with one attached hydrogen (secondary N) is 1. The summed E-state index contributed by atoms with van der Waals surface area (Å²) in [7, 11) is 0. The Labute approximate surface area is 96.0 Å². The third-order valence-corrected chi connectivity index (χ3v) is 2.20. The van der Waals surface area contributed by atoms with Crippen molar-refractivity contribution in [2.45, 2.75) is 28.2 Å². The van der Waals surface area contributed by atoms with Gasteiger partial charge in [-0.3, -0.25) is 0 Å². The van der Waals surface area contributed by atoms with Crippen LogP contribution in [0.2, 0.25) is 0 Å². The largest absolute Gasteiger partial charge is 0.385 e. The molecule has 1 N–H and O–H groups in total. The summed E-state index contributed by atoms with van der Waals surface area (Å²) >= 11 is 3.41. The molecular formula is C12H20BrN. The van der Waals surface area contributed by atoms with Crippen molar-refractivity contribution in [2.24, 2.45) is 5.41 Å². The summed E-state index contributed by atoms with van der Waals surface area (Å²) in [5.74, 6) is 0. The van der Waals surface area contributed by atoms with Crippen LogP contribution in [0, 0.1) is 5.41 Å². The third kappa shape index (κ3) is 5.28. The van der Waals surface area contributed by atoms with Crippen LogP contribution in [0.4, 0.5) is 5.69 Å². The minimum atomic E-state index is 0. The molecule has 0 aromatic heterocycles. The van der Waals surface area contributed by atoms with Crippen LogP contribution in [-0.2, 0) is 0 Å². The molecule has 1 aromatic rings.